The molecule has 46 heavy (non-hydrogen) atoms. The number of carbonyl (C=O) groups is 1. The molecule has 0 aromatic heterocycles. The first-order valence-corrected chi connectivity index (χ1v) is 14.9. The van der Waals surface area contributed by atoms with Gasteiger partial charge in [-0.3, -0.25) is 4.79 Å². The predicted molar refractivity (Wildman–Crippen MR) is 161 cm³/mol. The monoisotopic (exact) mass is 638 g/mol. The Balaban J connectivity index is 1.53. The molecule has 8 atom stereocenters. The minimum atomic E-state index is -2.22. The van der Waals surface area contributed by atoms with Crippen LogP contribution in [-0.4, -0.2) is 87.7 Å². The first kappa shape index (κ1) is 32.0. The summed E-state index contributed by atoms with van der Waals surface area (Å²) in [6.45, 7) is 0.121. The molecule has 3 aromatic rings. The number of carbonyl (C=O) groups excluding carboxylic acids is 1. The lowest BCUT2D eigenvalue weighted by atomic mass is 9.70. The van der Waals surface area contributed by atoms with E-state index < -0.39 is 53.8 Å². The van der Waals surface area contributed by atoms with Gasteiger partial charge in [-0.1, -0.05) is 42.5 Å². The van der Waals surface area contributed by atoms with Crippen LogP contribution in [0.5, 0.6) is 23.0 Å². The van der Waals surface area contributed by atoms with Gasteiger partial charge in [-0.15, -0.1) is 0 Å². The standard InChI is InChI=1S/C34H38O12/c1-39-21-12-10-20(11-13-21)34-27(19-8-6-5-7-9-19)26(30(37)41-3)29(36)33(34,38)28-24(40-2)16-23(17-25(28)46-34)45-32-31(42-4)43-18-22(44-32)14-15-35/h5-13,16-17,22,26-27,29,31-32,35-36,38H,14-15,18H2,1-4H3/t22-,26-,27+,29-,31+,32-,33-,34+/m0/s1. The molecule has 3 N–H and O–H groups in total. The van der Waals surface area contributed by atoms with Gasteiger partial charge < -0.3 is 53.2 Å². The summed E-state index contributed by atoms with van der Waals surface area (Å²) >= 11 is 0. The Morgan fingerprint density at radius 1 is 0.957 bits per heavy atom. The van der Waals surface area contributed by atoms with Gasteiger partial charge in [0.25, 0.3) is 6.29 Å². The van der Waals surface area contributed by atoms with Gasteiger partial charge in [-0.2, -0.15) is 0 Å². The van der Waals surface area contributed by atoms with Gasteiger partial charge >= 0.3 is 5.97 Å². The van der Waals surface area contributed by atoms with Crippen molar-refractivity contribution in [1.82, 2.24) is 0 Å². The van der Waals surface area contributed by atoms with Gasteiger partial charge in [-0.05, 0) is 29.7 Å². The van der Waals surface area contributed by atoms with Crippen LogP contribution in [0.4, 0.5) is 0 Å². The van der Waals surface area contributed by atoms with E-state index in [2.05, 4.69) is 0 Å². The number of hydrogen-bond donors (Lipinski definition) is 3. The zero-order valence-electron chi connectivity index (χ0n) is 26.0. The van der Waals surface area contributed by atoms with Gasteiger partial charge in [0.1, 0.15) is 29.1 Å². The Hall–Kier alpha value is -3.91. The summed E-state index contributed by atoms with van der Waals surface area (Å²) in [5.41, 5.74) is -2.71. The second kappa shape index (κ2) is 12.7. The summed E-state index contributed by atoms with van der Waals surface area (Å²) in [6, 6.07) is 19.1. The lowest BCUT2D eigenvalue weighted by Gasteiger charge is -2.40. The number of aliphatic hydroxyl groups excluding tert-OH is 2. The summed E-state index contributed by atoms with van der Waals surface area (Å²) in [5.74, 6) is -1.77. The van der Waals surface area contributed by atoms with Crippen LogP contribution >= 0.6 is 0 Å². The fourth-order valence-corrected chi connectivity index (χ4v) is 7.12. The summed E-state index contributed by atoms with van der Waals surface area (Å²) in [4.78, 5) is 13.5. The Morgan fingerprint density at radius 3 is 2.33 bits per heavy atom. The zero-order chi connectivity index (χ0) is 32.6. The topological polar surface area (TPSA) is 152 Å². The molecule has 12 heteroatoms. The molecule has 2 heterocycles. The molecule has 0 amide bonds. The van der Waals surface area contributed by atoms with E-state index in [1.807, 2.05) is 30.3 Å². The molecule has 2 fully saturated rings. The summed E-state index contributed by atoms with van der Waals surface area (Å²) in [7, 11) is 5.66. The van der Waals surface area contributed by atoms with Crippen molar-refractivity contribution in [3.63, 3.8) is 0 Å². The number of aliphatic hydroxyl groups is 3. The first-order chi connectivity index (χ1) is 22.3. The molecule has 12 nitrogen and oxygen atoms in total. The van der Waals surface area contributed by atoms with Gasteiger partial charge in [0.15, 0.2) is 11.2 Å². The Morgan fingerprint density at radius 2 is 1.70 bits per heavy atom. The van der Waals surface area contributed by atoms with Crippen molar-refractivity contribution < 1.29 is 58.0 Å². The van der Waals surface area contributed by atoms with Crippen molar-refractivity contribution in [3.05, 3.63) is 83.4 Å². The van der Waals surface area contributed by atoms with E-state index in [4.69, 9.17) is 37.9 Å². The molecule has 3 aliphatic rings. The molecular formula is C34H38O12. The van der Waals surface area contributed by atoms with E-state index in [9.17, 15) is 20.1 Å². The highest BCUT2D eigenvalue weighted by atomic mass is 16.8. The summed E-state index contributed by atoms with van der Waals surface area (Å²) < 4.78 is 46.6. The molecule has 0 radical (unpaired) electrons. The Labute approximate surface area is 266 Å². The third kappa shape index (κ3) is 4.88. The minimum absolute atomic E-state index is 0.0948. The van der Waals surface area contributed by atoms with Gasteiger partial charge in [0, 0.05) is 31.8 Å². The number of benzene rings is 3. The highest BCUT2D eigenvalue weighted by Gasteiger charge is 2.78. The van der Waals surface area contributed by atoms with E-state index in [1.165, 1.54) is 27.4 Å². The lowest BCUT2D eigenvalue weighted by Crippen LogP contribution is -2.52. The highest BCUT2D eigenvalue weighted by Crippen LogP contribution is 2.70. The van der Waals surface area contributed by atoms with E-state index >= 15 is 0 Å². The van der Waals surface area contributed by atoms with E-state index in [-0.39, 0.29) is 36.0 Å². The van der Waals surface area contributed by atoms with E-state index in [0.29, 0.717) is 23.3 Å². The molecule has 3 aromatic carbocycles. The fourth-order valence-electron chi connectivity index (χ4n) is 7.12. The lowest BCUT2D eigenvalue weighted by molar-refractivity contribution is -0.313. The second-order valence-corrected chi connectivity index (χ2v) is 11.4. The SMILES string of the molecule is COC(=O)[C@H]1[C@@H](c2ccccc2)[C@@]2(c3ccc(OC)cc3)Oc3cc(O[C@@H]4O[C@@H](CCO)CO[C@H]4OC)cc(OC)c3[C@]2(O)[C@H]1O. The number of hydrogen-bond acceptors (Lipinski definition) is 12. The van der Waals surface area contributed by atoms with Crippen molar-refractivity contribution in [3.8, 4) is 23.0 Å². The quantitative estimate of drug-likeness (QED) is 0.280. The average molecular weight is 639 g/mol. The molecule has 0 bridgehead atoms. The molecule has 2 aliphatic heterocycles. The maximum absolute atomic E-state index is 13.5. The summed E-state index contributed by atoms with van der Waals surface area (Å²) in [5, 5.41) is 34.5. The number of methoxy groups -OCH3 is 4. The molecule has 1 saturated heterocycles. The summed E-state index contributed by atoms with van der Waals surface area (Å²) in [6.07, 6.45) is -3.66. The van der Waals surface area contributed by atoms with Gasteiger partial charge in [0.05, 0.1) is 45.5 Å². The number of esters is 1. The first-order valence-electron chi connectivity index (χ1n) is 14.9. The van der Waals surface area contributed by atoms with Crippen LogP contribution in [0.3, 0.4) is 0 Å². The Bertz CT molecular complexity index is 1530. The number of rotatable bonds is 10. The number of fused-ring (bicyclic) bond motifs is 3. The number of ether oxygens (including phenoxy) is 8. The third-order valence-electron chi connectivity index (χ3n) is 9.12. The molecule has 6 rings (SSSR count). The van der Waals surface area contributed by atoms with E-state index in [0.717, 1.165) is 0 Å². The second-order valence-electron chi connectivity index (χ2n) is 11.4. The molecule has 1 saturated carbocycles. The van der Waals surface area contributed by atoms with Crippen LogP contribution < -0.4 is 18.9 Å². The van der Waals surface area contributed by atoms with Gasteiger partial charge in [0.2, 0.25) is 6.29 Å². The molecule has 0 spiro atoms. The smallest absolute Gasteiger partial charge is 0.312 e. The van der Waals surface area contributed by atoms with Crippen LogP contribution in [0.2, 0.25) is 0 Å². The molecule has 1 aliphatic carbocycles. The molecular weight excluding hydrogens is 600 g/mol. The highest BCUT2D eigenvalue weighted by molar-refractivity contribution is 5.78. The van der Waals surface area contributed by atoms with Crippen LogP contribution in [-0.2, 0) is 34.9 Å². The largest absolute Gasteiger partial charge is 0.497 e. The normalized spacial score (nSPS) is 31.4. The zero-order valence-corrected chi connectivity index (χ0v) is 26.0. The maximum atomic E-state index is 13.5. The predicted octanol–water partition coefficient (Wildman–Crippen LogP) is 2.60. The van der Waals surface area contributed by atoms with Crippen molar-refractivity contribution in [2.75, 3.05) is 41.7 Å². The minimum Gasteiger partial charge on any atom is -0.497 e. The van der Waals surface area contributed by atoms with Crippen molar-refractivity contribution in [2.45, 2.75) is 48.3 Å². The van der Waals surface area contributed by atoms with E-state index in [1.54, 1.807) is 37.4 Å². The average Bonchev–Trinajstić information content (AvgIpc) is 3.46. The molecule has 0 unspecified atom stereocenters. The van der Waals surface area contributed by atoms with Crippen molar-refractivity contribution >= 4 is 5.97 Å². The third-order valence-corrected chi connectivity index (χ3v) is 9.12. The molecule has 246 valence electrons. The van der Waals surface area contributed by atoms with Gasteiger partial charge in [-0.25, -0.2) is 0 Å². The van der Waals surface area contributed by atoms with Crippen LogP contribution in [0, 0.1) is 5.92 Å². The van der Waals surface area contributed by atoms with Crippen LogP contribution in [0.1, 0.15) is 29.0 Å². The fraction of sp³-hybridized carbons (Fsp3) is 0.441. The van der Waals surface area contributed by atoms with Crippen molar-refractivity contribution in [2.24, 2.45) is 5.92 Å². The Kier molecular flexibility index (Phi) is 8.85. The maximum Gasteiger partial charge on any atom is 0.312 e. The van der Waals surface area contributed by atoms with Crippen LogP contribution in [0.25, 0.3) is 0 Å². The van der Waals surface area contributed by atoms with Crippen molar-refractivity contribution in [1.29, 1.82) is 0 Å². The van der Waals surface area contributed by atoms with Crippen LogP contribution in [0.15, 0.2) is 66.7 Å².